The first-order chi connectivity index (χ1) is 19.3. The zero-order valence-electron chi connectivity index (χ0n) is 22.9. The quantitative estimate of drug-likeness (QED) is 0.245. The number of ketones is 1. The molecule has 1 fully saturated rings. The number of Topliss-reactive ketones (excluding diaryl/α,β-unsaturated/α-hetero) is 1. The normalized spacial score (nSPS) is 17.3. The molecule has 2 N–H and O–H groups in total. The number of aromatic nitrogens is 1. The Bertz CT molecular complexity index is 1480. The lowest BCUT2D eigenvalue weighted by molar-refractivity contribution is -0.124. The van der Waals surface area contributed by atoms with Gasteiger partial charge in [-0.05, 0) is 72.2 Å². The number of nitrogens with zero attached hydrogens (tertiary/aromatic N) is 1. The van der Waals surface area contributed by atoms with E-state index in [1.165, 1.54) is 12.1 Å². The van der Waals surface area contributed by atoms with Crippen molar-refractivity contribution in [1.29, 1.82) is 0 Å². The number of benzene rings is 3. The lowest BCUT2D eigenvalue weighted by Gasteiger charge is -2.26. The van der Waals surface area contributed by atoms with Gasteiger partial charge in [0.15, 0.2) is 0 Å². The summed E-state index contributed by atoms with van der Waals surface area (Å²) in [5.41, 5.74) is 5.51. The molecule has 1 amide bonds. The van der Waals surface area contributed by atoms with Crippen molar-refractivity contribution in [1.82, 2.24) is 4.57 Å². The SMILES string of the molecule is CC(C)c1c(C(=O)Nc2ccccc2)c(-c2ccccc2)c(-c2ccc(F)cc2)n1CC[C@H]1CC(=O)C[C@H](O)C1. The van der Waals surface area contributed by atoms with E-state index in [9.17, 15) is 19.1 Å². The minimum Gasteiger partial charge on any atom is -0.393 e. The molecule has 3 aromatic carbocycles. The molecule has 5 nitrogen and oxygen atoms in total. The number of nitrogens with one attached hydrogen (secondary N) is 1. The predicted octanol–water partition coefficient (Wildman–Crippen LogP) is 7.46. The summed E-state index contributed by atoms with van der Waals surface area (Å²) in [5, 5.41) is 13.3. The van der Waals surface area contributed by atoms with Gasteiger partial charge in [-0.15, -0.1) is 0 Å². The molecule has 1 aliphatic carbocycles. The molecule has 0 radical (unpaired) electrons. The molecule has 40 heavy (non-hydrogen) atoms. The third kappa shape index (κ3) is 5.92. The number of aliphatic hydroxyl groups excluding tert-OH is 1. The van der Waals surface area contributed by atoms with Crippen molar-refractivity contribution in [3.8, 4) is 22.4 Å². The summed E-state index contributed by atoms with van der Waals surface area (Å²) < 4.78 is 16.2. The number of hydrogen-bond acceptors (Lipinski definition) is 3. The Morgan fingerprint density at radius 2 is 1.60 bits per heavy atom. The molecule has 5 rings (SSSR count). The van der Waals surface area contributed by atoms with Crippen molar-refractivity contribution in [2.45, 2.75) is 58.1 Å². The highest BCUT2D eigenvalue weighted by Gasteiger charge is 2.32. The minimum atomic E-state index is -0.607. The van der Waals surface area contributed by atoms with E-state index in [0.717, 1.165) is 28.1 Å². The summed E-state index contributed by atoms with van der Waals surface area (Å²) in [6, 6.07) is 25.6. The van der Waals surface area contributed by atoms with Gasteiger partial charge in [0.05, 0.1) is 17.4 Å². The second kappa shape index (κ2) is 12.0. The van der Waals surface area contributed by atoms with Crippen LogP contribution in [0.25, 0.3) is 22.4 Å². The van der Waals surface area contributed by atoms with Gasteiger partial charge >= 0.3 is 0 Å². The average molecular weight is 539 g/mol. The number of carbonyl (C=O) groups is 2. The fourth-order valence-corrected chi connectivity index (χ4v) is 5.96. The fourth-order valence-electron chi connectivity index (χ4n) is 5.96. The molecule has 6 heteroatoms. The topological polar surface area (TPSA) is 71.3 Å². The van der Waals surface area contributed by atoms with Gasteiger partial charge in [0, 0.05) is 36.3 Å². The van der Waals surface area contributed by atoms with E-state index in [1.54, 1.807) is 12.1 Å². The predicted molar refractivity (Wildman–Crippen MR) is 157 cm³/mol. The lowest BCUT2D eigenvalue weighted by Crippen LogP contribution is -2.27. The number of aliphatic hydroxyl groups is 1. The van der Waals surface area contributed by atoms with Crippen molar-refractivity contribution in [2.75, 3.05) is 5.32 Å². The van der Waals surface area contributed by atoms with E-state index in [-0.39, 0.29) is 35.8 Å². The molecule has 4 aromatic rings. The highest BCUT2D eigenvalue weighted by atomic mass is 19.1. The summed E-state index contributed by atoms with van der Waals surface area (Å²) in [6.07, 6.45) is 1.33. The van der Waals surface area contributed by atoms with Gasteiger partial charge in [-0.3, -0.25) is 9.59 Å². The van der Waals surface area contributed by atoms with Gasteiger partial charge in [0.2, 0.25) is 0 Å². The van der Waals surface area contributed by atoms with Gasteiger partial charge in [-0.1, -0.05) is 62.4 Å². The monoisotopic (exact) mass is 538 g/mol. The Balaban J connectivity index is 1.71. The second-order valence-electron chi connectivity index (χ2n) is 11.0. The number of amides is 1. The third-order valence-corrected chi connectivity index (χ3v) is 7.64. The van der Waals surface area contributed by atoms with Crippen LogP contribution in [0.3, 0.4) is 0 Å². The van der Waals surface area contributed by atoms with Crippen LogP contribution in [0.1, 0.15) is 61.5 Å². The van der Waals surface area contributed by atoms with Gasteiger partial charge in [-0.25, -0.2) is 4.39 Å². The van der Waals surface area contributed by atoms with Crippen molar-refractivity contribution in [3.63, 3.8) is 0 Å². The molecule has 1 heterocycles. The number of anilines is 1. The molecule has 1 aliphatic rings. The number of para-hydroxylation sites is 1. The van der Waals surface area contributed by atoms with E-state index in [0.29, 0.717) is 37.1 Å². The Morgan fingerprint density at radius 1 is 0.950 bits per heavy atom. The van der Waals surface area contributed by atoms with Crippen LogP contribution in [-0.2, 0) is 11.3 Å². The van der Waals surface area contributed by atoms with E-state index < -0.39 is 6.10 Å². The minimum absolute atomic E-state index is 0.00763. The zero-order valence-corrected chi connectivity index (χ0v) is 22.9. The zero-order chi connectivity index (χ0) is 28.2. The Labute approximate surface area is 234 Å². The lowest BCUT2D eigenvalue weighted by atomic mass is 9.84. The third-order valence-electron chi connectivity index (χ3n) is 7.64. The van der Waals surface area contributed by atoms with E-state index in [1.807, 2.05) is 60.7 Å². The highest BCUT2D eigenvalue weighted by Crippen LogP contribution is 2.43. The maximum absolute atomic E-state index is 14.1. The Morgan fingerprint density at radius 3 is 2.23 bits per heavy atom. The van der Waals surface area contributed by atoms with Crippen LogP contribution in [0.15, 0.2) is 84.9 Å². The molecule has 0 bridgehead atoms. The van der Waals surface area contributed by atoms with Crippen molar-refractivity contribution in [3.05, 3.63) is 102 Å². The Kier molecular flexibility index (Phi) is 8.27. The van der Waals surface area contributed by atoms with Crippen LogP contribution in [0.4, 0.5) is 10.1 Å². The number of halogens is 1. The first-order valence-corrected chi connectivity index (χ1v) is 14.0. The fraction of sp³-hybridized carbons (Fsp3) is 0.294. The molecule has 1 saturated carbocycles. The van der Waals surface area contributed by atoms with Crippen molar-refractivity contribution in [2.24, 2.45) is 5.92 Å². The van der Waals surface area contributed by atoms with Crippen LogP contribution in [0.2, 0.25) is 0 Å². The van der Waals surface area contributed by atoms with Crippen LogP contribution in [0, 0.1) is 11.7 Å². The van der Waals surface area contributed by atoms with Crippen LogP contribution >= 0.6 is 0 Å². The summed E-state index contributed by atoms with van der Waals surface area (Å²) in [6.45, 7) is 4.70. The van der Waals surface area contributed by atoms with E-state index >= 15 is 0 Å². The van der Waals surface area contributed by atoms with Crippen LogP contribution in [0.5, 0.6) is 0 Å². The molecule has 1 aromatic heterocycles. The van der Waals surface area contributed by atoms with Gasteiger partial charge in [0.1, 0.15) is 11.6 Å². The largest absolute Gasteiger partial charge is 0.393 e. The average Bonchev–Trinajstić information content (AvgIpc) is 3.28. The van der Waals surface area contributed by atoms with Crippen LogP contribution < -0.4 is 5.32 Å². The molecule has 0 unspecified atom stereocenters. The maximum Gasteiger partial charge on any atom is 0.258 e. The second-order valence-corrected chi connectivity index (χ2v) is 11.0. The molecule has 206 valence electrons. The highest BCUT2D eigenvalue weighted by molar-refractivity contribution is 6.12. The molecular weight excluding hydrogens is 503 g/mol. The summed E-state index contributed by atoms with van der Waals surface area (Å²) >= 11 is 0. The standard InChI is InChI=1S/C34H35FN2O3/c1-22(2)32-31(34(40)36-27-11-7-4-8-12-27)30(24-9-5-3-6-10-24)33(25-13-15-26(35)16-14-25)37(32)18-17-23-19-28(38)21-29(39)20-23/h3-16,22-23,28,38H,17-21H2,1-2H3,(H,36,40)/t23-,28-/m1/s1. The molecule has 0 saturated heterocycles. The van der Waals surface area contributed by atoms with Crippen LogP contribution in [-0.4, -0.2) is 27.5 Å². The van der Waals surface area contributed by atoms with E-state index in [4.69, 9.17) is 0 Å². The molecule has 2 atom stereocenters. The van der Waals surface area contributed by atoms with Gasteiger partial charge < -0.3 is 15.0 Å². The van der Waals surface area contributed by atoms with Crippen molar-refractivity contribution < 1.29 is 19.1 Å². The first kappa shape index (κ1) is 27.5. The number of rotatable bonds is 8. The number of carbonyl (C=O) groups excluding carboxylic acids is 2. The van der Waals surface area contributed by atoms with Gasteiger partial charge in [0.25, 0.3) is 5.91 Å². The number of hydrogen-bond donors (Lipinski definition) is 2. The molecule has 0 aliphatic heterocycles. The van der Waals surface area contributed by atoms with Crippen molar-refractivity contribution >= 4 is 17.4 Å². The molecule has 0 spiro atoms. The van der Waals surface area contributed by atoms with Gasteiger partial charge in [-0.2, -0.15) is 0 Å². The maximum atomic E-state index is 14.1. The summed E-state index contributed by atoms with van der Waals surface area (Å²) in [4.78, 5) is 26.4. The molecular formula is C34H35FN2O3. The Hall–Kier alpha value is -4.03. The first-order valence-electron chi connectivity index (χ1n) is 14.0. The summed E-state index contributed by atoms with van der Waals surface area (Å²) in [5.74, 6) is -0.400. The smallest absolute Gasteiger partial charge is 0.258 e. The van der Waals surface area contributed by atoms with E-state index in [2.05, 4.69) is 23.7 Å². The summed E-state index contributed by atoms with van der Waals surface area (Å²) in [7, 11) is 0.